The SMILES string of the molecule is Cc1nnc(CN2C[C@H]3CN(C(=O)c4ccoc4)[C@H](c4ccccc4C)[C@H]3C2)o1. The number of likely N-dealkylation sites (tertiary alicyclic amines) is 2. The van der Waals surface area contributed by atoms with Gasteiger partial charge in [0.25, 0.3) is 5.91 Å². The van der Waals surface area contributed by atoms with E-state index < -0.39 is 0 Å². The van der Waals surface area contributed by atoms with Crippen LogP contribution in [0.25, 0.3) is 0 Å². The zero-order chi connectivity index (χ0) is 20.0. The number of nitrogens with zero attached hydrogens (tertiary/aromatic N) is 4. The Balaban J connectivity index is 1.43. The molecule has 3 atom stereocenters. The van der Waals surface area contributed by atoms with E-state index in [2.05, 4.69) is 40.2 Å². The summed E-state index contributed by atoms with van der Waals surface area (Å²) >= 11 is 0. The maximum absolute atomic E-state index is 13.2. The zero-order valence-corrected chi connectivity index (χ0v) is 16.6. The lowest BCUT2D eigenvalue weighted by Crippen LogP contribution is -2.35. The Morgan fingerprint density at radius 3 is 2.72 bits per heavy atom. The fourth-order valence-corrected chi connectivity index (χ4v) is 4.94. The van der Waals surface area contributed by atoms with Gasteiger partial charge in [-0.3, -0.25) is 9.69 Å². The van der Waals surface area contributed by atoms with Gasteiger partial charge in [0.15, 0.2) is 0 Å². The van der Waals surface area contributed by atoms with Crippen LogP contribution in [0.1, 0.15) is 39.3 Å². The van der Waals surface area contributed by atoms with Gasteiger partial charge in [0.2, 0.25) is 11.8 Å². The lowest BCUT2D eigenvalue weighted by atomic mass is 9.87. The third kappa shape index (κ3) is 3.25. The molecule has 7 heteroatoms. The van der Waals surface area contributed by atoms with E-state index in [9.17, 15) is 4.79 Å². The Bertz CT molecular complexity index is 1010. The van der Waals surface area contributed by atoms with E-state index in [1.54, 1.807) is 12.3 Å². The fraction of sp³-hybridized carbons (Fsp3) is 0.409. The summed E-state index contributed by atoms with van der Waals surface area (Å²) in [5.41, 5.74) is 3.06. The van der Waals surface area contributed by atoms with E-state index in [1.807, 2.05) is 17.9 Å². The van der Waals surface area contributed by atoms with Crippen molar-refractivity contribution in [2.24, 2.45) is 11.8 Å². The van der Waals surface area contributed by atoms with Gasteiger partial charge in [0.05, 0.1) is 24.4 Å². The average molecular weight is 392 g/mol. The van der Waals surface area contributed by atoms with Crippen LogP contribution in [0.2, 0.25) is 0 Å². The van der Waals surface area contributed by atoms with E-state index in [1.165, 1.54) is 17.4 Å². The zero-order valence-electron chi connectivity index (χ0n) is 16.6. The Kier molecular flexibility index (Phi) is 4.47. The van der Waals surface area contributed by atoms with Crippen LogP contribution in [0, 0.1) is 25.7 Å². The molecule has 0 bridgehead atoms. The smallest absolute Gasteiger partial charge is 0.257 e. The third-order valence-corrected chi connectivity index (χ3v) is 6.20. The molecule has 2 saturated heterocycles. The second kappa shape index (κ2) is 7.15. The standard InChI is InChI=1S/C22H24N4O3/c1-14-5-3-4-6-18(14)21-19-11-25(12-20-24-23-15(2)29-20)9-17(19)10-26(21)22(27)16-7-8-28-13-16/h3-8,13,17,19,21H,9-12H2,1-2H3/t17-,19-,21+/m0/s1. The van der Waals surface area contributed by atoms with E-state index in [-0.39, 0.29) is 11.9 Å². The van der Waals surface area contributed by atoms with Gasteiger partial charge in [-0.1, -0.05) is 24.3 Å². The van der Waals surface area contributed by atoms with Crippen LogP contribution < -0.4 is 0 Å². The molecular weight excluding hydrogens is 368 g/mol. The highest BCUT2D eigenvalue weighted by Crippen LogP contribution is 2.46. The largest absolute Gasteiger partial charge is 0.472 e. The number of aromatic nitrogens is 2. The summed E-state index contributed by atoms with van der Waals surface area (Å²) in [6.45, 7) is 7.15. The Morgan fingerprint density at radius 2 is 2.00 bits per heavy atom. The number of amides is 1. The number of furan rings is 1. The predicted octanol–water partition coefficient (Wildman–Crippen LogP) is 3.22. The lowest BCUT2D eigenvalue weighted by Gasteiger charge is -2.30. The van der Waals surface area contributed by atoms with Crippen molar-refractivity contribution in [2.45, 2.75) is 26.4 Å². The number of benzene rings is 1. The fourth-order valence-electron chi connectivity index (χ4n) is 4.94. The normalized spacial score (nSPS) is 24.2. The van der Waals surface area contributed by atoms with Crippen molar-refractivity contribution in [3.05, 3.63) is 71.3 Å². The van der Waals surface area contributed by atoms with Gasteiger partial charge in [0.1, 0.15) is 6.26 Å². The number of carbonyl (C=O) groups excluding carboxylic acids is 1. The van der Waals surface area contributed by atoms with Gasteiger partial charge in [-0.05, 0) is 30.0 Å². The van der Waals surface area contributed by atoms with E-state index in [4.69, 9.17) is 8.83 Å². The second-order valence-electron chi connectivity index (χ2n) is 8.10. The molecule has 5 rings (SSSR count). The quantitative estimate of drug-likeness (QED) is 0.679. The molecule has 0 N–H and O–H groups in total. The first kappa shape index (κ1) is 18.1. The number of carbonyl (C=O) groups is 1. The van der Waals surface area contributed by atoms with Crippen LogP contribution in [-0.2, 0) is 6.54 Å². The molecule has 3 aromatic rings. The summed E-state index contributed by atoms with van der Waals surface area (Å²) in [5, 5.41) is 8.07. The van der Waals surface area contributed by atoms with Crippen molar-refractivity contribution in [1.29, 1.82) is 0 Å². The molecule has 7 nitrogen and oxygen atoms in total. The topological polar surface area (TPSA) is 75.6 Å². The van der Waals surface area contributed by atoms with Crippen molar-refractivity contribution in [2.75, 3.05) is 19.6 Å². The summed E-state index contributed by atoms with van der Waals surface area (Å²) < 4.78 is 10.7. The molecule has 2 aliphatic heterocycles. The first-order valence-electron chi connectivity index (χ1n) is 10.00. The first-order chi connectivity index (χ1) is 14.1. The molecule has 2 aromatic heterocycles. The van der Waals surface area contributed by atoms with E-state index in [0.717, 1.165) is 19.6 Å². The summed E-state index contributed by atoms with van der Waals surface area (Å²) in [4.78, 5) is 17.6. The highest BCUT2D eigenvalue weighted by molar-refractivity contribution is 5.94. The molecule has 150 valence electrons. The Labute approximate surface area is 169 Å². The summed E-state index contributed by atoms with van der Waals surface area (Å²) in [6, 6.07) is 10.2. The van der Waals surface area contributed by atoms with Gasteiger partial charge in [-0.15, -0.1) is 10.2 Å². The van der Waals surface area contributed by atoms with Gasteiger partial charge in [0, 0.05) is 32.5 Å². The first-order valence-corrected chi connectivity index (χ1v) is 10.00. The summed E-state index contributed by atoms with van der Waals surface area (Å²) in [7, 11) is 0. The molecule has 29 heavy (non-hydrogen) atoms. The van der Waals surface area contributed by atoms with Crippen molar-refractivity contribution >= 4 is 5.91 Å². The summed E-state index contributed by atoms with van der Waals surface area (Å²) in [6.07, 6.45) is 3.09. The number of fused-ring (bicyclic) bond motifs is 1. The monoisotopic (exact) mass is 392 g/mol. The van der Waals surface area contributed by atoms with Gasteiger partial charge >= 0.3 is 0 Å². The van der Waals surface area contributed by atoms with Crippen LogP contribution >= 0.6 is 0 Å². The highest BCUT2D eigenvalue weighted by Gasteiger charge is 2.49. The second-order valence-corrected chi connectivity index (χ2v) is 8.10. The van der Waals surface area contributed by atoms with Crippen molar-refractivity contribution in [3.63, 3.8) is 0 Å². The molecule has 1 aromatic carbocycles. The maximum Gasteiger partial charge on any atom is 0.257 e. The van der Waals surface area contributed by atoms with Crippen LogP contribution in [0.4, 0.5) is 0 Å². The Morgan fingerprint density at radius 1 is 1.14 bits per heavy atom. The molecule has 2 aliphatic rings. The Hall–Kier alpha value is -2.93. The van der Waals surface area contributed by atoms with E-state index >= 15 is 0 Å². The van der Waals surface area contributed by atoms with Crippen molar-refractivity contribution in [3.8, 4) is 0 Å². The predicted molar refractivity (Wildman–Crippen MR) is 105 cm³/mol. The van der Waals surface area contributed by atoms with Crippen LogP contribution in [0.15, 0.2) is 51.7 Å². The number of rotatable bonds is 4. The van der Waals surface area contributed by atoms with Crippen molar-refractivity contribution < 1.29 is 13.6 Å². The average Bonchev–Trinajstić information content (AvgIpc) is 3.47. The highest BCUT2D eigenvalue weighted by atomic mass is 16.4. The lowest BCUT2D eigenvalue weighted by molar-refractivity contribution is 0.0697. The third-order valence-electron chi connectivity index (χ3n) is 6.20. The molecular formula is C22H24N4O3. The minimum Gasteiger partial charge on any atom is -0.472 e. The van der Waals surface area contributed by atoms with Crippen molar-refractivity contribution in [1.82, 2.24) is 20.0 Å². The molecule has 0 spiro atoms. The summed E-state index contributed by atoms with van der Waals surface area (Å²) in [5.74, 6) is 2.08. The molecule has 4 heterocycles. The van der Waals surface area contributed by atoms with Gasteiger partial charge in [-0.25, -0.2) is 0 Å². The molecule has 0 aliphatic carbocycles. The minimum absolute atomic E-state index is 0.0421. The number of hydrogen-bond donors (Lipinski definition) is 0. The molecule has 2 fully saturated rings. The molecule has 1 amide bonds. The molecule has 0 radical (unpaired) electrons. The molecule has 0 unspecified atom stereocenters. The van der Waals surface area contributed by atoms with Gasteiger partial charge in [-0.2, -0.15) is 0 Å². The van der Waals surface area contributed by atoms with Gasteiger partial charge < -0.3 is 13.7 Å². The molecule has 0 saturated carbocycles. The number of aryl methyl sites for hydroxylation is 2. The number of hydrogen-bond acceptors (Lipinski definition) is 6. The van der Waals surface area contributed by atoms with E-state index in [0.29, 0.717) is 35.7 Å². The van der Waals surface area contributed by atoms with Crippen LogP contribution in [0.5, 0.6) is 0 Å². The van der Waals surface area contributed by atoms with Crippen LogP contribution in [-0.4, -0.2) is 45.5 Å². The minimum atomic E-state index is 0.0421. The maximum atomic E-state index is 13.2. The van der Waals surface area contributed by atoms with Crippen LogP contribution in [0.3, 0.4) is 0 Å².